The molecule has 0 fully saturated rings. The van der Waals surface area contributed by atoms with Gasteiger partial charge in [0.15, 0.2) is 0 Å². The lowest BCUT2D eigenvalue weighted by Gasteiger charge is -2.15. The van der Waals surface area contributed by atoms with E-state index in [-0.39, 0.29) is 6.04 Å². The number of methoxy groups -OCH3 is 1. The molecule has 6 heteroatoms. The van der Waals surface area contributed by atoms with Gasteiger partial charge >= 0.3 is 0 Å². The Morgan fingerprint density at radius 1 is 1.45 bits per heavy atom. The summed E-state index contributed by atoms with van der Waals surface area (Å²) in [4.78, 5) is 4.60. The zero-order chi connectivity index (χ0) is 14.5. The Bertz CT molecular complexity index is 535. The highest BCUT2D eigenvalue weighted by Crippen LogP contribution is 2.25. The largest absolute Gasteiger partial charge is 0.383 e. The van der Waals surface area contributed by atoms with Gasteiger partial charge in [0.2, 0.25) is 0 Å². The average Bonchev–Trinajstić information content (AvgIpc) is 3.04. The predicted octanol–water partition coefficient (Wildman–Crippen LogP) is 2.55. The lowest BCUT2D eigenvalue weighted by molar-refractivity contribution is 0.197. The summed E-state index contributed by atoms with van der Waals surface area (Å²) >= 11 is 1.68. The van der Waals surface area contributed by atoms with E-state index in [9.17, 15) is 0 Å². The maximum atomic E-state index is 5.11. The first kappa shape index (κ1) is 15.2. The molecule has 0 aliphatic rings. The van der Waals surface area contributed by atoms with E-state index in [1.165, 1.54) is 0 Å². The first-order valence-electron chi connectivity index (χ1n) is 6.80. The molecule has 2 heterocycles. The zero-order valence-electron chi connectivity index (χ0n) is 12.5. The first-order chi connectivity index (χ1) is 9.61. The molecule has 1 atom stereocenters. The van der Waals surface area contributed by atoms with Gasteiger partial charge in [0.25, 0.3) is 0 Å². The van der Waals surface area contributed by atoms with Crippen molar-refractivity contribution in [1.29, 1.82) is 0 Å². The minimum absolute atomic E-state index is 0.0800. The third-order valence-electron chi connectivity index (χ3n) is 3.02. The molecule has 0 aliphatic carbocycles. The molecule has 0 saturated carbocycles. The molecule has 0 radical (unpaired) electrons. The number of ether oxygens (including phenoxy) is 1. The molecule has 2 aromatic heterocycles. The fourth-order valence-electron chi connectivity index (χ4n) is 1.94. The fourth-order valence-corrected chi connectivity index (χ4v) is 2.84. The molecule has 0 aliphatic heterocycles. The van der Waals surface area contributed by atoms with Crippen LogP contribution in [-0.2, 0) is 4.74 Å². The molecule has 110 valence electrons. The van der Waals surface area contributed by atoms with Crippen molar-refractivity contribution in [2.24, 2.45) is 0 Å². The van der Waals surface area contributed by atoms with Crippen LogP contribution in [0.1, 0.15) is 42.2 Å². The Morgan fingerprint density at radius 3 is 2.80 bits per heavy atom. The van der Waals surface area contributed by atoms with E-state index in [1.54, 1.807) is 18.4 Å². The van der Waals surface area contributed by atoms with Gasteiger partial charge in [0.05, 0.1) is 18.8 Å². The lowest BCUT2D eigenvalue weighted by atomic mass is 10.1. The first-order valence-corrected chi connectivity index (χ1v) is 7.68. The Labute approximate surface area is 124 Å². The predicted molar refractivity (Wildman–Crippen MR) is 81.2 cm³/mol. The standard InChI is InChI=1S/C14H22N4OS/c1-10(2)18-8-12(7-16-18)13(15-5-6-19-4)14-17-11(3)9-20-14/h7-10,13,15H,5-6H2,1-4H3. The minimum atomic E-state index is 0.0800. The molecule has 1 unspecified atom stereocenters. The number of nitrogens with zero attached hydrogens (tertiary/aromatic N) is 3. The second-order valence-electron chi connectivity index (χ2n) is 5.05. The van der Waals surface area contributed by atoms with Crippen LogP contribution in [0, 0.1) is 6.92 Å². The van der Waals surface area contributed by atoms with E-state index >= 15 is 0 Å². The van der Waals surface area contributed by atoms with Crippen molar-refractivity contribution in [3.05, 3.63) is 34.0 Å². The second-order valence-corrected chi connectivity index (χ2v) is 5.94. The van der Waals surface area contributed by atoms with Gasteiger partial charge in [-0.15, -0.1) is 11.3 Å². The van der Waals surface area contributed by atoms with Gasteiger partial charge in [0, 0.05) is 42.5 Å². The molecule has 5 nitrogen and oxygen atoms in total. The number of hydrogen-bond donors (Lipinski definition) is 1. The lowest BCUT2D eigenvalue weighted by Crippen LogP contribution is -2.25. The number of aromatic nitrogens is 3. The van der Waals surface area contributed by atoms with Crippen molar-refractivity contribution < 1.29 is 4.74 Å². The molecule has 2 rings (SSSR count). The van der Waals surface area contributed by atoms with Gasteiger partial charge in [-0.25, -0.2) is 4.98 Å². The van der Waals surface area contributed by atoms with Crippen LogP contribution in [0.3, 0.4) is 0 Å². The Hall–Kier alpha value is -1.24. The molecule has 0 saturated heterocycles. The quantitative estimate of drug-likeness (QED) is 0.797. The van der Waals surface area contributed by atoms with E-state index in [0.29, 0.717) is 12.6 Å². The zero-order valence-corrected chi connectivity index (χ0v) is 13.3. The number of rotatable bonds is 7. The summed E-state index contributed by atoms with van der Waals surface area (Å²) in [7, 11) is 1.71. The SMILES string of the molecule is COCCNC(c1cnn(C(C)C)c1)c1nc(C)cs1. The minimum Gasteiger partial charge on any atom is -0.383 e. The van der Waals surface area contributed by atoms with Gasteiger partial charge in [0.1, 0.15) is 5.01 Å². The topological polar surface area (TPSA) is 52.0 Å². The maximum absolute atomic E-state index is 5.11. The van der Waals surface area contributed by atoms with Crippen molar-refractivity contribution in [3.8, 4) is 0 Å². The van der Waals surface area contributed by atoms with Gasteiger partial charge < -0.3 is 10.1 Å². The Kier molecular flexibility index (Phi) is 5.28. The summed E-state index contributed by atoms with van der Waals surface area (Å²) in [5.41, 5.74) is 2.20. The van der Waals surface area contributed by atoms with Crippen molar-refractivity contribution in [2.45, 2.75) is 32.9 Å². The van der Waals surface area contributed by atoms with E-state index < -0.39 is 0 Å². The number of aryl methyl sites for hydroxylation is 1. The second kappa shape index (κ2) is 6.97. The third-order valence-corrected chi connectivity index (χ3v) is 4.05. The van der Waals surface area contributed by atoms with Crippen LogP contribution >= 0.6 is 11.3 Å². The van der Waals surface area contributed by atoms with Gasteiger partial charge in [-0.3, -0.25) is 4.68 Å². The van der Waals surface area contributed by atoms with Crippen LogP contribution in [0.5, 0.6) is 0 Å². The molecule has 0 amide bonds. The highest BCUT2D eigenvalue weighted by atomic mass is 32.1. The monoisotopic (exact) mass is 294 g/mol. The van der Waals surface area contributed by atoms with E-state index in [2.05, 4.69) is 40.8 Å². The normalized spacial score (nSPS) is 13.1. The molecular formula is C14H22N4OS. The summed E-state index contributed by atoms with van der Waals surface area (Å²) in [5, 5.41) is 11.1. The van der Waals surface area contributed by atoms with Crippen molar-refractivity contribution in [1.82, 2.24) is 20.1 Å². The number of nitrogens with one attached hydrogen (secondary N) is 1. The highest BCUT2D eigenvalue weighted by molar-refractivity contribution is 7.09. The Balaban J connectivity index is 2.20. The average molecular weight is 294 g/mol. The van der Waals surface area contributed by atoms with Crippen molar-refractivity contribution in [2.75, 3.05) is 20.3 Å². The molecule has 0 aromatic carbocycles. The summed E-state index contributed by atoms with van der Waals surface area (Å²) in [5.74, 6) is 0. The molecule has 2 aromatic rings. The Morgan fingerprint density at radius 2 is 2.25 bits per heavy atom. The van der Waals surface area contributed by atoms with Crippen LogP contribution < -0.4 is 5.32 Å². The third kappa shape index (κ3) is 3.65. The van der Waals surface area contributed by atoms with Crippen LogP contribution in [0.15, 0.2) is 17.8 Å². The molecular weight excluding hydrogens is 272 g/mol. The van der Waals surface area contributed by atoms with Crippen molar-refractivity contribution >= 4 is 11.3 Å². The van der Waals surface area contributed by atoms with Crippen LogP contribution in [-0.4, -0.2) is 35.0 Å². The summed E-state index contributed by atoms with van der Waals surface area (Å²) < 4.78 is 7.09. The summed E-state index contributed by atoms with van der Waals surface area (Å²) in [6.07, 6.45) is 4.01. The van der Waals surface area contributed by atoms with Crippen LogP contribution in [0.25, 0.3) is 0 Å². The van der Waals surface area contributed by atoms with Crippen molar-refractivity contribution in [3.63, 3.8) is 0 Å². The molecule has 0 spiro atoms. The fraction of sp³-hybridized carbons (Fsp3) is 0.571. The van der Waals surface area contributed by atoms with Gasteiger partial charge in [-0.2, -0.15) is 5.10 Å². The highest BCUT2D eigenvalue weighted by Gasteiger charge is 2.19. The smallest absolute Gasteiger partial charge is 0.114 e. The molecule has 1 N–H and O–H groups in total. The summed E-state index contributed by atoms with van der Waals surface area (Å²) in [6.45, 7) is 7.73. The van der Waals surface area contributed by atoms with Crippen LogP contribution in [0.4, 0.5) is 0 Å². The van der Waals surface area contributed by atoms with Crippen LogP contribution in [0.2, 0.25) is 0 Å². The maximum Gasteiger partial charge on any atom is 0.114 e. The number of hydrogen-bond acceptors (Lipinski definition) is 5. The number of thiazole rings is 1. The molecule has 20 heavy (non-hydrogen) atoms. The molecule has 0 bridgehead atoms. The van der Waals surface area contributed by atoms with E-state index in [0.717, 1.165) is 22.8 Å². The summed E-state index contributed by atoms with van der Waals surface area (Å²) in [6, 6.07) is 0.442. The van der Waals surface area contributed by atoms with Gasteiger partial charge in [-0.1, -0.05) is 0 Å². The van der Waals surface area contributed by atoms with E-state index in [1.807, 2.05) is 17.8 Å². The van der Waals surface area contributed by atoms with Gasteiger partial charge in [-0.05, 0) is 20.8 Å². The van der Waals surface area contributed by atoms with E-state index in [4.69, 9.17) is 4.74 Å².